The molecule has 0 unspecified atom stereocenters. The number of amides is 3. The van der Waals surface area contributed by atoms with E-state index in [4.69, 9.17) is 5.73 Å². The van der Waals surface area contributed by atoms with Crippen LogP contribution < -0.4 is 11.1 Å². The van der Waals surface area contributed by atoms with Gasteiger partial charge in [0.2, 0.25) is 5.91 Å². The minimum absolute atomic E-state index is 0.124. The molecule has 0 aromatic heterocycles. The first-order chi connectivity index (χ1) is 9.61. The van der Waals surface area contributed by atoms with E-state index in [9.17, 15) is 9.59 Å². The SMILES string of the molecule is C[C@@H](C(=O)NC(N)=O)N(C)Cc1ccc(C(C)(C)C)cc1. The monoisotopic (exact) mass is 291 g/mol. The molecule has 5 heteroatoms. The number of primary amides is 1. The molecule has 1 atom stereocenters. The molecule has 0 fully saturated rings. The van der Waals surface area contributed by atoms with Gasteiger partial charge in [0.1, 0.15) is 0 Å². The summed E-state index contributed by atoms with van der Waals surface area (Å²) in [6.07, 6.45) is 0. The highest BCUT2D eigenvalue weighted by molar-refractivity contribution is 5.96. The van der Waals surface area contributed by atoms with Gasteiger partial charge < -0.3 is 5.73 Å². The van der Waals surface area contributed by atoms with Crippen molar-refractivity contribution in [3.8, 4) is 0 Å². The van der Waals surface area contributed by atoms with Gasteiger partial charge in [0.05, 0.1) is 6.04 Å². The van der Waals surface area contributed by atoms with Crippen molar-refractivity contribution in [2.75, 3.05) is 7.05 Å². The molecule has 0 heterocycles. The number of carbonyl (C=O) groups is 2. The highest BCUT2D eigenvalue weighted by Gasteiger charge is 2.19. The summed E-state index contributed by atoms with van der Waals surface area (Å²) in [4.78, 5) is 24.3. The van der Waals surface area contributed by atoms with Crippen LogP contribution in [0.2, 0.25) is 0 Å². The molecule has 1 aromatic rings. The van der Waals surface area contributed by atoms with Gasteiger partial charge in [-0.2, -0.15) is 0 Å². The summed E-state index contributed by atoms with van der Waals surface area (Å²) < 4.78 is 0. The van der Waals surface area contributed by atoms with E-state index in [0.29, 0.717) is 6.54 Å². The molecule has 0 aliphatic heterocycles. The third kappa shape index (κ3) is 5.19. The molecule has 0 saturated heterocycles. The first-order valence-electron chi connectivity index (χ1n) is 7.01. The number of carbonyl (C=O) groups excluding carboxylic acids is 2. The van der Waals surface area contributed by atoms with Crippen LogP contribution in [0.5, 0.6) is 0 Å². The molecule has 0 aliphatic carbocycles. The summed E-state index contributed by atoms with van der Waals surface area (Å²) in [5.41, 5.74) is 7.46. The normalized spacial score (nSPS) is 13.0. The van der Waals surface area contributed by atoms with Crippen LogP contribution in [0.25, 0.3) is 0 Å². The first kappa shape index (κ1) is 17.2. The van der Waals surface area contributed by atoms with Gasteiger partial charge in [-0.1, -0.05) is 45.0 Å². The fraction of sp³-hybridized carbons (Fsp3) is 0.500. The number of nitrogens with zero attached hydrogens (tertiary/aromatic N) is 1. The lowest BCUT2D eigenvalue weighted by Crippen LogP contribution is -2.46. The molecule has 21 heavy (non-hydrogen) atoms. The summed E-state index contributed by atoms with van der Waals surface area (Å²) in [5, 5.41) is 2.10. The van der Waals surface area contributed by atoms with Gasteiger partial charge in [-0.05, 0) is 30.5 Å². The summed E-state index contributed by atoms with van der Waals surface area (Å²) in [7, 11) is 1.84. The van der Waals surface area contributed by atoms with Gasteiger partial charge in [-0.25, -0.2) is 4.79 Å². The topological polar surface area (TPSA) is 75.4 Å². The van der Waals surface area contributed by atoms with Crippen LogP contribution >= 0.6 is 0 Å². The van der Waals surface area contributed by atoms with E-state index < -0.39 is 18.0 Å². The fourth-order valence-electron chi connectivity index (χ4n) is 1.96. The van der Waals surface area contributed by atoms with E-state index in [0.717, 1.165) is 5.56 Å². The van der Waals surface area contributed by atoms with Crippen LogP contribution in [0.15, 0.2) is 24.3 Å². The molecular weight excluding hydrogens is 266 g/mol. The molecule has 0 spiro atoms. The highest BCUT2D eigenvalue weighted by Crippen LogP contribution is 2.22. The smallest absolute Gasteiger partial charge is 0.318 e. The van der Waals surface area contributed by atoms with Crippen molar-refractivity contribution in [3.05, 3.63) is 35.4 Å². The Morgan fingerprint density at radius 2 is 1.76 bits per heavy atom. The lowest BCUT2D eigenvalue weighted by atomic mass is 9.87. The second kappa shape index (κ2) is 6.72. The van der Waals surface area contributed by atoms with E-state index in [1.165, 1.54) is 5.56 Å². The second-order valence-electron chi connectivity index (χ2n) is 6.39. The molecule has 0 bridgehead atoms. The zero-order chi connectivity index (χ0) is 16.2. The number of nitrogens with two attached hydrogens (primary N) is 1. The van der Waals surface area contributed by atoms with E-state index in [-0.39, 0.29) is 5.41 Å². The van der Waals surface area contributed by atoms with Gasteiger partial charge in [0, 0.05) is 6.54 Å². The molecule has 116 valence electrons. The maximum absolute atomic E-state index is 11.7. The Hall–Kier alpha value is -1.88. The predicted molar refractivity (Wildman–Crippen MR) is 83.8 cm³/mol. The summed E-state index contributed by atoms with van der Waals surface area (Å²) in [5.74, 6) is -0.392. The number of urea groups is 1. The van der Waals surface area contributed by atoms with E-state index in [2.05, 4.69) is 50.4 Å². The first-order valence-corrected chi connectivity index (χ1v) is 7.01. The van der Waals surface area contributed by atoms with E-state index in [1.807, 2.05) is 11.9 Å². The highest BCUT2D eigenvalue weighted by atomic mass is 16.2. The van der Waals surface area contributed by atoms with E-state index in [1.54, 1.807) is 6.92 Å². The number of likely N-dealkylation sites (N-methyl/N-ethyl adjacent to an activating group) is 1. The molecular formula is C16H25N3O2. The third-order valence-electron chi connectivity index (χ3n) is 3.54. The standard InChI is InChI=1S/C16H25N3O2/c1-11(14(20)18-15(17)21)19(5)10-12-6-8-13(9-7-12)16(2,3)4/h6-9,11H,10H2,1-5H3,(H3,17,18,20,21)/t11-/m0/s1. The molecule has 0 radical (unpaired) electrons. The second-order valence-corrected chi connectivity index (χ2v) is 6.39. The van der Waals surface area contributed by atoms with Crippen LogP contribution in [0.4, 0.5) is 4.79 Å². The Labute approximate surface area is 126 Å². The molecule has 3 amide bonds. The van der Waals surface area contributed by atoms with Gasteiger partial charge in [-0.3, -0.25) is 15.0 Å². The number of rotatable bonds is 4. The van der Waals surface area contributed by atoms with Crippen molar-refractivity contribution in [2.45, 2.75) is 45.7 Å². The Bertz CT molecular complexity index is 503. The molecule has 5 nitrogen and oxygen atoms in total. The van der Waals surface area contributed by atoms with Crippen molar-refractivity contribution in [3.63, 3.8) is 0 Å². The van der Waals surface area contributed by atoms with E-state index >= 15 is 0 Å². The Morgan fingerprint density at radius 1 is 1.24 bits per heavy atom. The van der Waals surface area contributed by atoms with Gasteiger partial charge in [0.15, 0.2) is 0 Å². The molecule has 1 rings (SSSR count). The average Bonchev–Trinajstić information content (AvgIpc) is 2.36. The van der Waals surface area contributed by atoms with Gasteiger partial charge in [0.25, 0.3) is 0 Å². The van der Waals surface area contributed by atoms with Crippen molar-refractivity contribution in [2.24, 2.45) is 5.73 Å². The van der Waals surface area contributed by atoms with Gasteiger partial charge in [-0.15, -0.1) is 0 Å². The number of benzene rings is 1. The number of hydrogen-bond acceptors (Lipinski definition) is 3. The lowest BCUT2D eigenvalue weighted by Gasteiger charge is -2.24. The predicted octanol–water partition coefficient (Wildman–Crippen LogP) is 2.00. The largest absolute Gasteiger partial charge is 0.351 e. The zero-order valence-electron chi connectivity index (χ0n) is 13.4. The Morgan fingerprint density at radius 3 is 2.19 bits per heavy atom. The maximum Gasteiger partial charge on any atom is 0.318 e. The number of nitrogens with one attached hydrogen (secondary N) is 1. The molecule has 3 N–H and O–H groups in total. The minimum atomic E-state index is -0.824. The average molecular weight is 291 g/mol. The van der Waals surface area contributed by atoms with Crippen LogP contribution in [-0.2, 0) is 16.8 Å². The van der Waals surface area contributed by atoms with Crippen LogP contribution in [0.1, 0.15) is 38.8 Å². The van der Waals surface area contributed by atoms with Crippen LogP contribution in [0, 0.1) is 0 Å². The Balaban J connectivity index is 2.68. The zero-order valence-corrected chi connectivity index (χ0v) is 13.4. The summed E-state index contributed by atoms with van der Waals surface area (Å²) >= 11 is 0. The van der Waals surface area contributed by atoms with Crippen molar-refractivity contribution in [1.82, 2.24) is 10.2 Å². The summed E-state index contributed by atoms with van der Waals surface area (Å²) in [6, 6.07) is 7.09. The lowest BCUT2D eigenvalue weighted by molar-refractivity contribution is -0.124. The maximum atomic E-state index is 11.7. The number of hydrogen-bond donors (Lipinski definition) is 2. The quantitative estimate of drug-likeness (QED) is 0.891. The summed E-state index contributed by atoms with van der Waals surface area (Å²) in [6.45, 7) is 8.87. The Kier molecular flexibility index (Phi) is 5.49. The molecule has 0 saturated carbocycles. The van der Waals surface area contributed by atoms with Crippen molar-refractivity contribution in [1.29, 1.82) is 0 Å². The number of imide groups is 1. The third-order valence-corrected chi connectivity index (χ3v) is 3.54. The van der Waals surface area contributed by atoms with Gasteiger partial charge >= 0.3 is 6.03 Å². The minimum Gasteiger partial charge on any atom is -0.351 e. The molecule has 0 aliphatic rings. The van der Waals surface area contributed by atoms with Crippen LogP contribution in [0.3, 0.4) is 0 Å². The van der Waals surface area contributed by atoms with Crippen molar-refractivity contribution < 1.29 is 9.59 Å². The van der Waals surface area contributed by atoms with Crippen LogP contribution in [-0.4, -0.2) is 29.9 Å². The molecule has 1 aromatic carbocycles. The fourth-order valence-corrected chi connectivity index (χ4v) is 1.96. The van der Waals surface area contributed by atoms with Crippen molar-refractivity contribution >= 4 is 11.9 Å².